The van der Waals surface area contributed by atoms with Crippen LogP contribution in [0.15, 0.2) is 52.0 Å². The molecule has 0 aliphatic carbocycles. The predicted molar refractivity (Wildman–Crippen MR) is 109 cm³/mol. The molecule has 0 N–H and O–H groups in total. The number of aliphatic imine (C=N–C) groups is 1. The van der Waals surface area contributed by atoms with E-state index < -0.39 is 11.7 Å². The number of benzene rings is 2. The largest absolute Gasteiger partial charge is 0.416 e. The minimum Gasteiger partial charge on any atom is -0.366 e. The molecule has 0 spiro atoms. The van der Waals surface area contributed by atoms with Crippen molar-refractivity contribution >= 4 is 23.6 Å². The van der Waals surface area contributed by atoms with Gasteiger partial charge >= 0.3 is 6.18 Å². The third kappa shape index (κ3) is 4.79. The summed E-state index contributed by atoms with van der Waals surface area (Å²) < 4.78 is 43.6. The number of nitrogens with zero attached hydrogens (tertiary/aromatic N) is 3. The van der Waals surface area contributed by atoms with Gasteiger partial charge in [0.1, 0.15) is 5.69 Å². The topological polar surface area (TPSA) is 41.6 Å². The van der Waals surface area contributed by atoms with E-state index in [9.17, 15) is 13.2 Å². The molecule has 2 aromatic carbocycles. The molecule has 4 nitrogen and oxygen atoms in total. The summed E-state index contributed by atoms with van der Waals surface area (Å²) in [6.07, 6.45) is -2.67. The van der Waals surface area contributed by atoms with Crippen LogP contribution in [-0.2, 0) is 6.18 Å². The smallest absolute Gasteiger partial charge is 0.366 e. The molecular weight excluding hydrogens is 403 g/mol. The second-order valence-corrected chi connectivity index (χ2v) is 7.00. The Labute approximate surface area is 171 Å². The van der Waals surface area contributed by atoms with Crippen molar-refractivity contribution in [2.45, 2.75) is 20.0 Å². The first-order chi connectivity index (χ1) is 13.7. The van der Waals surface area contributed by atoms with Crippen LogP contribution in [0.25, 0.3) is 22.6 Å². The lowest BCUT2D eigenvalue weighted by molar-refractivity contribution is -0.137. The van der Waals surface area contributed by atoms with Gasteiger partial charge in [-0.25, -0.2) is 4.99 Å². The van der Waals surface area contributed by atoms with Gasteiger partial charge in [-0.1, -0.05) is 28.9 Å². The molecule has 0 amide bonds. The second kappa shape index (κ2) is 8.29. The number of aromatic nitrogens is 1. The van der Waals surface area contributed by atoms with E-state index in [0.29, 0.717) is 27.7 Å². The van der Waals surface area contributed by atoms with E-state index in [1.807, 2.05) is 31.9 Å². The summed E-state index contributed by atoms with van der Waals surface area (Å²) in [5, 5.41) is 4.44. The zero-order valence-electron chi connectivity index (χ0n) is 16.1. The summed E-state index contributed by atoms with van der Waals surface area (Å²) in [4.78, 5) is 6.31. The lowest BCUT2D eigenvalue weighted by Gasteiger charge is -2.10. The maximum Gasteiger partial charge on any atom is 0.416 e. The number of rotatable bonds is 5. The van der Waals surface area contributed by atoms with Crippen LogP contribution in [0.5, 0.6) is 0 Å². The highest BCUT2D eigenvalue weighted by Gasteiger charge is 2.30. The van der Waals surface area contributed by atoms with Gasteiger partial charge in [-0.3, -0.25) is 0 Å². The van der Waals surface area contributed by atoms with E-state index in [1.54, 1.807) is 18.5 Å². The van der Waals surface area contributed by atoms with E-state index in [-0.39, 0.29) is 0 Å². The molecule has 0 radical (unpaired) electrons. The molecule has 0 aliphatic heterocycles. The fourth-order valence-corrected chi connectivity index (χ4v) is 2.85. The Morgan fingerprint density at radius 1 is 1.17 bits per heavy atom. The van der Waals surface area contributed by atoms with E-state index in [1.165, 1.54) is 12.1 Å². The van der Waals surface area contributed by atoms with Gasteiger partial charge in [-0.05, 0) is 43.7 Å². The molecule has 8 heteroatoms. The van der Waals surface area contributed by atoms with Crippen LogP contribution in [0.2, 0.25) is 5.02 Å². The monoisotopic (exact) mass is 421 g/mol. The summed E-state index contributed by atoms with van der Waals surface area (Å²) in [7, 11) is 1.91. The molecular formula is C21H19ClF3N3O. The molecule has 3 aromatic rings. The highest BCUT2D eigenvalue weighted by Crippen LogP contribution is 2.36. The molecule has 3 rings (SSSR count). The molecule has 0 bridgehead atoms. The van der Waals surface area contributed by atoms with Gasteiger partial charge in [0.05, 0.1) is 22.6 Å². The lowest BCUT2D eigenvalue weighted by Crippen LogP contribution is -2.14. The number of aryl methyl sites for hydroxylation is 1. The zero-order chi connectivity index (χ0) is 21.2. The third-order valence-corrected chi connectivity index (χ3v) is 4.77. The Morgan fingerprint density at radius 2 is 1.86 bits per heavy atom. The van der Waals surface area contributed by atoms with Crippen molar-refractivity contribution in [2.75, 3.05) is 13.6 Å². The number of hydrogen-bond donors (Lipinski definition) is 0. The second-order valence-electron chi connectivity index (χ2n) is 6.59. The van der Waals surface area contributed by atoms with Crippen molar-refractivity contribution in [3.63, 3.8) is 0 Å². The van der Waals surface area contributed by atoms with Gasteiger partial charge in [0.15, 0.2) is 5.76 Å². The average Bonchev–Trinajstić information content (AvgIpc) is 3.17. The first kappa shape index (κ1) is 20.9. The maximum absolute atomic E-state index is 12.7. The fourth-order valence-electron chi connectivity index (χ4n) is 2.64. The Kier molecular flexibility index (Phi) is 5.98. The molecule has 152 valence electrons. The van der Waals surface area contributed by atoms with Gasteiger partial charge in [-0.2, -0.15) is 13.2 Å². The van der Waals surface area contributed by atoms with Crippen molar-refractivity contribution in [2.24, 2.45) is 4.99 Å². The number of hydrogen-bond acceptors (Lipinski definition) is 3. The highest BCUT2D eigenvalue weighted by molar-refractivity contribution is 6.33. The molecule has 0 saturated carbocycles. The van der Waals surface area contributed by atoms with Crippen LogP contribution in [0.1, 0.15) is 18.1 Å². The van der Waals surface area contributed by atoms with Crippen LogP contribution in [0, 0.1) is 6.92 Å². The summed E-state index contributed by atoms with van der Waals surface area (Å²) in [6.45, 7) is 4.73. The minimum atomic E-state index is -4.38. The number of alkyl halides is 3. The SMILES string of the molecule is CCN(C)/C=N\c1cc(C)c(-c2cc(-c3ccc(C(F)(F)F)cc3)no2)cc1Cl. The predicted octanol–water partition coefficient (Wildman–Crippen LogP) is 6.60. The highest BCUT2D eigenvalue weighted by atomic mass is 35.5. The Morgan fingerprint density at radius 3 is 2.48 bits per heavy atom. The average molecular weight is 422 g/mol. The van der Waals surface area contributed by atoms with Crippen LogP contribution >= 0.6 is 11.6 Å². The first-order valence-electron chi connectivity index (χ1n) is 8.88. The van der Waals surface area contributed by atoms with Gasteiger partial charge in [0.25, 0.3) is 0 Å². The standard InChI is InChI=1S/C21H19ClF3N3O/c1-4-28(3)12-26-19-9-13(2)16(10-17(19)22)20-11-18(27-29-20)14-5-7-15(8-6-14)21(23,24)25/h5-12H,4H2,1-3H3/b26-12-. The Bertz CT molecular complexity index is 1030. The van der Waals surface area contributed by atoms with Crippen molar-refractivity contribution in [1.29, 1.82) is 0 Å². The molecule has 1 aromatic heterocycles. The maximum atomic E-state index is 12.7. The molecule has 29 heavy (non-hydrogen) atoms. The summed E-state index contributed by atoms with van der Waals surface area (Å²) in [5.74, 6) is 0.473. The Balaban J connectivity index is 1.88. The van der Waals surface area contributed by atoms with Crippen molar-refractivity contribution in [3.05, 3.63) is 58.6 Å². The molecule has 0 fully saturated rings. The molecule has 1 heterocycles. The van der Waals surface area contributed by atoms with E-state index >= 15 is 0 Å². The summed E-state index contributed by atoms with van der Waals surface area (Å²) in [6, 6.07) is 10.0. The summed E-state index contributed by atoms with van der Waals surface area (Å²) in [5.41, 5.74) is 2.52. The van der Waals surface area contributed by atoms with E-state index in [4.69, 9.17) is 16.1 Å². The number of halogens is 4. The fraction of sp³-hybridized carbons (Fsp3) is 0.238. The van der Waals surface area contributed by atoms with Crippen molar-refractivity contribution < 1.29 is 17.7 Å². The Hall–Kier alpha value is -2.80. The summed E-state index contributed by atoms with van der Waals surface area (Å²) >= 11 is 6.36. The lowest BCUT2D eigenvalue weighted by atomic mass is 10.0. The molecule has 0 aliphatic rings. The van der Waals surface area contributed by atoms with Crippen LogP contribution < -0.4 is 0 Å². The van der Waals surface area contributed by atoms with Gasteiger partial charge in [0, 0.05) is 30.8 Å². The van der Waals surface area contributed by atoms with E-state index in [0.717, 1.165) is 29.8 Å². The first-order valence-corrected chi connectivity index (χ1v) is 9.26. The normalized spacial score (nSPS) is 12.0. The van der Waals surface area contributed by atoms with Gasteiger partial charge < -0.3 is 9.42 Å². The molecule has 0 unspecified atom stereocenters. The minimum absolute atomic E-state index is 0.441. The van der Waals surface area contributed by atoms with E-state index in [2.05, 4.69) is 10.1 Å². The third-order valence-electron chi connectivity index (χ3n) is 4.47. The van der Waals surface area contributed by atoms with Crippen LogP contribution in [-0.4, -0.2) is 30.0 Å². The van der Waals surface area contributed by atoms with Crippen molar-refractivity contribution in [1.82, 2.24) is 10.1 Å². The molecule has 0 saturated heterocycles. The van der Waals surface area contributed by atoms with Crippen LogP contribution in [0.3, 0.4) is 0 Å². The van der Waals surface area contributed by atoms with Gasteiger partial charge in [-0.15, -0.1) is 0 Å². The zero-order valence-corrected chi connectivity index (χ0v) is 16.8. The van der Waals surface area contributed by atoms with Crippen LogP contribution in [0.4, 0.5) is 18.9 Å². The molecule has 0 atom stereocenters. The van der Waals surface area contributed by atoms with Crippen molar-refractivity contribution in [3.8, 4) is 22.6 Å². The quantitative estimate of drug-likeness (QED) is 0.344. The van der Waals surface area contributed by atoms with Gasteiger partial charge in [0.2, 0.25) is 0 Å².